The lowest BCUT2D eigenvalue weighted by molar-refractivity contribution is -0.143. The second-order valence-corrected chi connectivity index (χ2v) is 31.3. The number of carbonyl (C=O) groups is 13. The van der Waals surface area contributed by atoms with Crippen LogP contribution >= 0.6 is 21.6 Å². The van der Waals surface area contributed by atoms with Gasteiger partial charge in [0, 0.05) is 103 Å². The number of fused-ring (bicyclic) bond motifs is 2. The summed E-state index contributed by atoms with van der Waals surface area (Å²) in [6.45, 7) is 9.31. The number of hydrogen-bond donors (Lipinski definition) is 17. The van der Waals surface area contributed by atoms with Crippen molar-refractivity contribution in [1.29, 1.82) is 0 Å². The highest BCUT2D eigenvalue weighted by atomic mass is 33.1. The number of rotatable bonds is 36. The highest BCUT2D eigenvalue weighted by molar-refractivity contribution is 8.76. The van der Waals surface area contributed by atoms with E-state index in [0.29, 0.717) is 42.5 Å². The monoisotopic (exact) mass is 1560 g/mol. The molecule has 8 rings (SSSR count). The Labute approximate surface area is 645 Å². The van der Waals surface area contributed by atoms with Crippen LogP contribution in [-0.4, -0.2) is 203 Å². The maximum atomic E-state index is 15.0. The molecular formula is C76H103N17O15S2. The van der Waals surface area contributed by atoms with E-state index in [1.165, 1.54) is 41.7 Å². The maximum Gasteiger partial charge on any atom is 0.326 e. The molecule has 110 heavy (non-hydrogen) atoms. The van der Waals surface area contributed by atoms with E-state index in [1.54, 1.807) is 40.1 Å². The number of nitrogens with zero attached hydrogens (tertiary/aromatic N) is 2. The van der Waals surface area contributed by atoms with Gasteiger partial charge >= 0.3 is 5.97 Å². The molecule has 2 saturated heterocycles. The highest BCUT2D eigenvalue weighted by Gasteiger charge is 2.41. The number of nitrogens with one attached hydrogen (secondary N) is 13. The number of likely N-dealkylation sites (tertiary alicyclic amines) is 1. The third-order valence-corrected chi connectivity index (χ3v) is 21.5. The number of carbonyl (C=O) groups excluding carboxylic acids is 12. The molecule has 19 N–H and O–H groups in total. The fourth-order valence-electron chi connectivity index (χ4n) is 13.2. The first-order valence-corrected chi connectivity index (χ1v) is 39.8. The van der Waals surface area contributed by atoms with E-state index < -0.39 is 150 Å². The number of aromatic hydroxyl groups is 1. The summed E-state index contributed by atoms with van der Waals surface area (Å²) in [6, 6.07) is 6.61. The van der Waals surface area contributed by atoms with Crippen LogP contribution in [0.5, 0.6) is 5.75 Å². The summed E-state index contributed by atoms with van der Waals surface area (Å²) in [5.74, 6) is -10.6. The average molecular weight is 1560 g/mol. The van der Waals surface area contributed by atoms with Crippen LogP contribution in [0.4, 0.5) is 0 Å². The van der Waals surface area contributed by atoms with Crippen molar-refractivity contribution in [2.45, 2.75) is 204 Å². The zero-order valence-electron chi connectivity index (χ0n) is 62.5. The van der Waals surface area contributed by atoms with Gasteiger partial charge in [-0.15, -0.1) is 0 Å². The van der Waals surface area contributed by atoms with Gasteiger partial charge in [0.15, 0.2) is 0 Å². The molecule has 0 unspecified atom stereocenters. The summed E-state index contributed by atoms with van der Waals surface area (Å²) < 4.78 is 0. The molecule has 5 heterocycles. The van der Waals surface area contributed by atoms with E-state index in [9.17, 15) is 67.7 Å². The lowest BCUT2D eigenvalue weighted by Gasteiger charge is -2.30. The van der Waals surface area contributed by atoms with Gasteiger partial charge in [-0.05, 0) is 111 Å². The van der Waals surface area contributed by atoms with Crippen molar-refractivity contribution >= 4 is 120 Å². The number of aromatic nitrogens is 4. The van der Waals surface area contributed by atoms with Crippen molar-refractivity contribution in [3.05, 3.63) is 120 Å². The minimum Gasteiger partial charge on any atom is -0.508 e. The molecule has 11 atom stereocenters. The quantitative estimate of drug-likeness (QED) is 0.0251. The van der Waals surface area contributed by atoms with E-state index in [1.807, 2.05) is 55.5 Å². The number of carboxylic acids is 1. The standard InChI is InChI=1S/C76H103N17O15S2/c1-6-7-17-54(68(99)91-60(76(107)108)32-44-22-24-48(94)25-23-44)86-74(105)63-20-14-29-93(63)75(106)62-40-110-109-39-61(67(98)80-28-13-12-21-65(96)84-62)92-71(102)57(31-43(4)5)88-69(100)55(26-27-64(78)95)85-70(101)56(30-42(2)3)89-72(103)58(34-46-37-82-53-19-11-9-16-50(46)53)90-73(104)59(35-47-38-79-41-83-47)87-66(97)51(77)33-45-36-81-52-18-10-8-15-49(45)52/h8-11,15-16,18-19,22-25,36-38,41-43,51,54-63,81-82,94H,6-7,12-14,17,20-21,26-35,39-40,77H2,1-5H3,(H2,78,95)(H,79,83)(H,80,98)(H,84,96)(H,85,101)(H,86,105)(H,87,97)(H,88,100)(H,89,103)(H,90,104)(H,91,99)(H,92,102)(H,107,108)/t51-,54-,55-,56-,57-,58-,59-,60-,61-,62-,63-/m0/s1. The Kier molecular flexibility index (Phi) is 32.4. The van der Waals surface area contributed by atoms with Gasteiger partial charge in [0.1, 0.15) is 66.2 Å². The Balaban J connectivity index is 0.937. The van der Waals surface area contributed by atoms with E-state index in [-0.39, 0.29) is 113 Å². The summed E-state index contributed by atoms with van der Waals surface area (Å²) in [6.07, 6.45) is 7.93. The summed E-state index contributed by atoms with van der Waals surface area (Å²) >= 11 is 0. The van der Waals surface area contributed by atoms with Crippen LogP contribution in [0.3, 0.4) is 0 Å². The Morgan fingerprint density at radius 1 is 0.618 bits per heavy atom. The molecule has 0 radical (unpaired) electrons. The fourth-order valence-corrected chi connectivity index (χ4v) is 15.5. The molecule has 2 fully saturated rings. The number of nitrogens with two attached hydrogens (primary N) is 2. The Bertz CT molecular complexity index is 4170. The second kappa shape index (κ2) is 41.9. The molecule has 6 aromatic rings. The highest BCUT2D eigenvalue weighted by Crippen LogP contribution is 2.28. The molecule has 3 aromatic carbocycles. The number of primary amides is 1. The molecular weight excluding hydrogens is 1460 g/mol. The number of H-pyrrole nitrogens is 3. The molecule has 2 aliphatic heterocycles. The van der Waals surface area contributed by atoms with Crippen molar-refractivity contribution in [1.82, 2.24) is 78.0 Å². The van der Waals surface area contributed by atoms with Gasteiger partial charge < -0.3 is 94.7 Å². The van der Waals surface area contributed by atoms with Crippen LogP contribution in [0.2, 0.25) is 0 Å². The lowest BCUT2D eigenvalue weighted by atomic mass is 9.99. The number of phenolic OH excluding ortho intramolecular Hbond substituents is 1. The van der Waals surface area contributed by atoms with Gasteiger partial charge in [-0.3, -0.25) is 57.5 Å². The zero-order chi connectivity index (χ0) is 79.6. The molecule has 34 heteroatoms. The number of para-hydroxylation sites is 2. The molecule has 0 saturated carbocycles. The normalized spacial score (nSPS) is 18.0. The number of aliphatic carboxylic acids is 1. The largest absolute Gasteiger partial charge is 0.508 e. The van der Waals surface area contributed by atoms with Crippen molar-refractivity contribution in [3.63, 3.8) is 0 Å². The van der Waals surface area contributed by atoms with E-state index in [2.05, 4.69) is 73.1 Å². The number of phenols is 1. The third-order valence-electron chi connectivity index (χ3n) is 19.0. The third kappa shape index (κ3) is 25.6. The molecule has 12 amide bonds. The van der Waals surface area contributed by atoms with Crippen LogP contribution in [0.1, 0.15) is 134 Å². The van der Waals surface area contributed by atoms with Crippen LogP contribution in [-0.2, 0) is 88.0 Å². The van der Waals surface area contributed by atoms with Gasteiger partial charge in [0.25, 0.3) is 0 Å². The smallest absolute Gasteiger partial charge is 0.326 e. The Hall–Kier alpha value is -10.5. The van der Waals surface area contributed by atoms with Crippen molar-refractivity contribution < 1.29 is 72.5 Å². The number of aromatic amines is 3. The van der Waals surface area contributed by atoms with Crippen LogP contribution in [0.25, 0.3) is 21.8 Å². The molecule has 2 aliphatic rings. The van der Waals surface area contributed by atoms with Crippen LogP contribution in [0.15, 0.2) is 97.7 Å². The Morgan fingerprint density at radius 3 is 1.78 bits per heavy atom. The van der Waals surface area contributed by atoms with Gasteiger partial charge in [-0.2, -0.15) is 0 Å². The molecule has 3 aromatic heterocycles. The number of hydrogen-bond acceptors (Lipinski definition) is 18. The minimum absolute atomic E-state index is 0.00183. The van der Waals surface area contributed by atoms with E-state index in [4.69, 9.17) is 11.5 Å². The van der Waals surface area contributed by atoms with Crippen LogP contribution < -0.4 is 64.6 Å². The predicted octanol–water partition coefficient (Wildman–Crippen LogP) is 2.34. The van der Waals surface area contributed by atoms with Crippen molar-refractivity contribution in [2.75, 3.05) is 24.6 Å². The van der Waals surface area contributed by atoms with Crippen molar-refractivity contribution in [2.24, 2.45) is 23.3 Å². The summed E-state index contributed by atoms with van der Waals surface area (Å²) in [4.78, 5) is 198. The molecule has 0 spiro atoms. The molecule has 32 nitrogen and oxygen atoms in total. The lowest BCUT2D eigenvalue weighted by Crippen LogP contribution is -2.60. The zero-order valence-corrected chi connectivity index (χ0v) is 64.1. The SMILES string of the molecule is CCCC[C@H](NC(=O)[C@@H]1CCCN1C(=O)[C@@H]1CSSC[C@H](NC(=O)[C@H](CC(C)C)NC(=O)[C@H](CCC(N)=O)NC(=O)[C@H](CC(C)C)NC(=O)[C@H](Cc2c[nH]c3ccccc23)NC(=O)[C@H](Cc2cnc[nH]2)NC(=O)[C@@H](N)Cc2c[nH]c3ccccc23)C(=O)NCCCCC(=O)N1)C(=O)N[C@@H](Cc1ccc(O)cc1)C(=O)O. The first kappa shape index (κ1) is 85.1. The van der Waals surface area contributed by atoms with E-state index in [0.717, 1.165) is 49.0 Å². The van der Waals surface area contributed by atoms with Crippen molar-refractivity contribution in [3.8, 4) is 5.75 Å². The second-order valence-electron chi connectivity index (χ2n) is 28.7. The summed E-state index contributed by atoms with van der Waals surface area (Å²) in [5.41, 5.74) is 16.2. The molecule has 0 aliphatic carbocycles. The van der Waals surface area contributed by atoms with Gasteiger partial charge in [-0.1, -0.05) is 118 Å². The van der Waals surface area contributed by atoms with Gasteiger partial charge in [0.2, 0.25) is 70.9 Å². The molecule has 0 bridgehead atoms. The minimum atomic E-state index is -1.54. The number of benzene rings is 3. The van der Waals surface area contributed by atoms with E-state index >= 15 is 4.79 Å². The van der Waals surface area contributed by atoms with Gasteiger partial charge in [-0.25, -0.2) is 9.78 Å². The first-order chi connectivity index (χ1) is 52.6. The topological polar surface area (TPSA) is 498 Å². The average Bonchev–Trinajstić information content (AvgIpc) is 1.64. The number of imidazole rings is 1. The van der Waals surface area contributed by atoms with Crippen LogP contribution in [0, 0.1) is 11.8 Å². The number of carboxylic acid groups (broad SMARTS) is 1. The fraction of sp³-hybridized carbons (Fsp3) is 0.500. The molecule has 594 valence electrons. The Morgan fingerprint density at radius 2 is 1.17 bits per heavy atom. The predicted molar refractivity (Wildman–Crippen MR) is 414 cm³/mol. The number of unbranched alkanes of at least 4 members (excludes halogenated alkanes) is 1. The maximum absolute atomic E-state index is 15.0. The van der Waals surface area contributed by atoms with Gasteiger partial charge in [0.05, 0.1) is 12.4 Å². The summed E-state index contributed by atoms with van der Waals surface area (Å²) in [5, 5.41) is 49.0. The first-order valence-electron chi connectivity index (χ1n) is 37.3. The number of amides is 12. The summed E-state index contributed by atoms with van der Waals surface area (Å²) in [7, 11) is 2.21.